The van der Waals surface area contributed by atoms with Gasteiger partial charge >= 0.3 is 0 Å². The molecule has 1 saturated carbocycles. The average molecular weight is 363 g/mol. The first kappa shape index (κ1) is 18.3. The molecule has 2 aliphatic rings. The van der Waals surface area contributed by atoms with Gasteiger partial charge in [-0.2, -0.15) is 0 Å². The van der Waals surface area contributed by atoms with Gasteiger partial charge in [-0.05, 0) is 43.4 Å². The SMILES string of the molecule is COC1CCCC(C)(COc2ccc(CC3SC(=O)NC3=O)cc2)C1. The van der Waals surface area contributed by atoms with Crippen LogP contribution in [0.25, 0.3) is 0 Å². The predicted octanol–water partition coefficient (Wildman–Crippen LogP) is 3.55. The summed E-state index contributed by atoms with van der Waals surface area (Å²) in [5, 5.41) is 1.73. The summed E-state index contributed by atoms with van der Waals surface area (Å²) in [7, 11) is 1.78. The molecule has 3 unspecified atom stereocenters. The van der Waals surface area contributed by atoms with Crippen molar-refractivity contribution in [3.05, 3.63) is 29.8 Å². The molecule has 0 spiro atoms. The van der Waals surface area contributed by atoms with Crippen LogP contribution in [-0.2, 0) is 16.0 Å². The van der Waals surface area contributed by atoms with Gasteiger partial charge in [-0.15, -0.1) is 0 Å². The third kappa shape index (κ3) is 4.76. The van der Waals surface area contributed by atoms with E-state index in [0.717, 1.165) is 42.3 Å². The van der Waals surface area contributed by atoms with Gasteiger partial charge < -0.3 is 9.47 Å². The minimum atomic E-state index is -0.327. The Morgan fingerprint density at radius 1 is 1.28 bits per heavy atom. The van der Waals surface area contributed by atoms with Crippen molar-refractivity contribution < 1.29 is 19.1 Å². The van der Waals surface area contributed by atoms with E-state index < -0.39 is 0 Å². The monoisotopic (exact) mass is 363 g/mol. The van der Waals surface area contributed by atoms with Crippen molar-refractivity contribution in [2.45, 2.75) is 50.4 Å². The molecular weight excluding hydrogens is 338 g/mol. The molecule has 25 heavy (non-hydrogen) atoms. The first-order chi connectivity index (χ1) is 12.0. The van der Waals surface area contributed by atoms with Crippen LogP contribution in [0.5, 0.6) is 5.75 Å². The fourth-order valence-electron chi connectivity index (χ4n) is 3.56. The van der Waals surface area contributed by atoms with Crippen LogP contribution in [0, 0.1) is 5.41 Å². The molecule has 136 valence electrons. The summed E-state index contributed by atoms with van der Waals surface area (Å²) >= 11 is 1.06. The first-order valence-corrected chi connectivity index (χ1v) is 9.61. The normalized spacial score (nSPS) is 29.5. The van der Waals surface area contributed by atoms with E-state index in [4.69, 9.17) is 9.47 Å². The number of benzene rings is 1. The molecular formula is C19H25NO4S. The minimum absolute atomic E-state index is 0.149. The Bertz CT molecular complexity index is 633. The summed E-state index contributed by atoms with van der Waals surface area (Å²) in [5.74, 6) is 0.636. The molecule has 1 saturated heterocycles. The van der Waals surface area contributed by atoms with E-state index in [2.05, 4.69) is 12.2 Å². The zero-order chi connectivity index (χ0) is 17.9. The quantitative estimate of drug-likeness (QED) is 0.837. The van der Waals surface area contributed by atoms with Crippen molar-refractivity contribution in [2.24, 2.45) is 5.41 Å². The number of ether oxygens (including phenoxy) is 2. The van der Waals surface area contributed by atoms with Gasteiger partial charge in [-0.1, -0.05) is 37.2 Å². The highest BCUT2D eigenvalue weighted by Gasteiger charge is 2.33. The lowest BCUT2D eigenvalue weighted by atomic mass is 9.75. The smallest absolute Gasteiger partial charge is 0.286 e. The molecule has 0 bridgehead atoms. The maximum absolute atomic E-state index is 11.6. The number of rotatable bonds is 6. The van der Waals surface area contributed by atoms with Gasteiger partial charge in [0.25, 0.3) is 5.24 Å². The minimum Gasteiger partial charge on any atom is -0.493 e. The molecule has 2 amide bonds. The molecule has 1 aliphatic heterocycles. The second-order valence-electron chi connectivity index (χ2n) is 7.28. The van der Waals surface area contributed by atoms with Crippen LogP contribution in [0.4, 0.5) is 4.79 Å². The highest BCUT2D eigenvalue weighted by molar-refractivity contribution is 8.15. The fraction of sp³-hybridized carbons (Fsp3) is 0.579. The molecule has 0 radical (unpaired) electrons. The maximum atomic E-state index is 11.6. The molecule has 2 fully saturated rings. The molecule has 1 aromatic rings. The van der Waals surface area contributed by atoms with Crippen molar-refractivity contribution in [2.75, 3.05) is 13.7 Å². The lowest BCUT2D eigenvalue weighted by molar-refractivity contribution is -0.118. The summed E-state index contributed by atoms with van der Waals surface area (Å²) in [6.07, 6.45) is 5.39. The maximum Gasteiger partial charge on any atom is 0.286 e. The molecule has 6 heteroatoms. The highest BCUT2D eigenvalue weighted by Crippen LogP contribution is 2.37. The van der Waals surface area contributed by atoms with Crippen molar-refractivity contribution in [1.29, 1.82) is 0 Å². The second-order valence-corrected chi connectivity index (χ2v) is 8.46. The summed E-state index contributed by atoms with van der Waals surface area (Å²) in [6, 6.07) is 7.81. The molecule has 3 atom stereocenters. The van der Waals surface area contributed by atoms with Crippen LogP contribution >= 0.6 is 11.8 Å². The van der Waals surface area contributed by atoms with Crippen LogP contribution in [0.15, 0.2) is 24.3 Å². The number of amides is 2. The van der Waals surface area contributed by atoms with Crippen LogP contribution < -0.4 is 10.1 Å². The third-order valence-corrected chi connectivity index (χ3v) is 6.04. The lowest BCUT2D eigenvalue weighted by Gasteiger charge is -2.37. The summed E-state index contributed by atoms with van der Waals surface area (Å²) in [5.41, 5.74) is 1.18. The van der Waals surface area contributed by atoms with Gasteiger partial charge in [0.1, 0.15) is 5.75 Å². The Morgan fingerprint density at radius 3 is 2.68 bits per heavy atom. The Hall–Kier alpha value is -1.53. The molecule has 5 nitrogen and oxygen atoms in total. The Balaban J connectivity index is 1.52. The number of imide groups is 1. The van der Waals surface area contributed by atoms with Crippen molar-refractivity contribution in [3.63, 3.8) is 0 Å². The van der Waals surface area contributed by atoms with E-state index in [9.17, 15) is 9.59 Å². The summed E-state index contributed by atoms with van der Waals surface area (Å²) in [6.45, 7) is 2.95. The van der Waals surface area contributed by atoms with Crippen LogP contribution in [0.3, 0.4) is 0 Å². The largest absolute Gasteiger partial charge is 0.493 e. The van der Waals surface area contributed by atoms with E-state index in [-0.39, 0.29) is 21.8 Å². The fourth-order valence-corrected chi connectivity index (χ4v) is 4.42. The van der Waals surface area contributed by atoms with E-state index in [1.54, 1.807) is 7.11 Å². The molecule has 1 N–H and O–H groups in total. The van der Waals surface area contributed by atoms with Crippen LogP contribution in [-0.4, -0.2) is 36.2 Å². The number of carbonyl (C=O) groups excluding carboxylic acids is 2. The number of hydrogen-bond acceptors (Lipinski definition) is 5. The van der Waals surface area contributed by atoms with Crippen molar-refractivity contribution >= 4 is 22.9 Å². The van der Waals surface area contributed by atoms with Gasteiger partial charge in [0.15, 0.2) is 0 Å². The summed E-state index contributed by atoms with van der Waals surface area (Å²) in [4.78, 5) is 22.9. The van der Waals surface area contributed by atoms with E-state index in [1.165, 1.54) is 6.42 Å². The number of carbonyl (C=O) groups is 2. The van der Waals surface area contributed by atoms with Gasteiger partial charge in [0, 0.05) is 12.5 Å². The van der Waals surface area contributed by atoms with Gasteiger partial charge in [-0.3, -0.25) is 14.9 Å². The molecule has 1 heterocycles. The van der Waals surface area contributed by atoms with E-state index in [1.807, 2.05) is 24.3 Å². The first-order valence-electron chi connectivity index (χ1n) is 8.73. The van der Waals surface area contributed by atoms with Gasteiger partial charge in [0.2, 0.25) is 5.91 Å². The lowest BCUT2D eigenvalue weighted by Crippen LogP contribution is -2.34. The zero-order valence-corrected chi connectivity index (χ0v) is 15.6. The summed E-state index contributed by atoms with van der Waals surface area (Å²) < 4.78 is 11.5. The van der Waals surface area contributed by atoms with E-state index in [0.29, 0.717) is 19.1 Å². The Labute approximate surface area is 152 Å². The van der Waals surface area contributed by atoms with Crippen LogP contribution in [0.2, 0.25) is 0 Å². The highest BCUT2D eigenvalue weighted by atomic mass is 32.2. The third-order valence-electron chi connectivity index (χ3n) is 5.06. The predicted molar refractivity (Wildman–Crippen MR) is 97.9 cm³/mol. The number of methoxy groups -OCH3 is 1. The molecule has 1 aliphatic carbocycles. The van der Waals surface area contributed by atoms with E-state index >= 15 is 0 Å². The molecule has 1 aromatic carbocycles. The number of thioether (sulfide) groups is 1. The van der Waals surface area contributed by atoms with Crippen LogP contribution in [0.1, 0.15) is 38.2 Å². The zero-order valence-electron chi connectivity index (χ0n) is 14.7. The van der Waals surface area contributed by atoms with Gasteiger partial charge in [-0.25, -0.2) is 0 Å². The molecule has 0 aromatic heterocycles. The number of hydrogen-bond donors (Lipinski definition) is 1. The Kier molecular flexibility index (Phi) is 5.69. The van der Waals surface area contributed by atoms with Crippen molar-refractivity contribution in [1.82, 2.24) is 5.32 Å². The average Bonchev–Trinajstić information content (AvgIpc) is 2.91. The Morgan fingerprint density at radius 2 is 2.04 bits per heavy atom. The second kappa shape index (κ2) is 7.79. The van der Waals surface area contributed by atoms with Crippen molar-refractivity contribution in [3.8, 4) is 5.75 Å². The molecule has 3 rings (SSSR count). The standard InChI is InChI=1S/C19H25NO4S/c1-19(9-3-4-15(11-19)23-2)12-24-14-7-5-13(6-8-14)10-16-17(21)20-18(22)25-16/h5-8,15-16H,3-4,9-12H2,1-2H3,(H,20,21,22). The van der Waals surface area contributed by atoms with Gasteiger partial charge in [0.05, 0.1) is 18.0 Å². The number of nitrogens with one attached hydrogen (secondary N) is 1. The topological polar surface area (TPSA) is 64.6 Å².